The molecule has 2 aliphatic rings. The Kier molecular flexibility index (Phi) is 9.47. The molecule has 2 aromatic rings. The highest BCUT2D eigenvalue weighted by atomic mass is 127. The van der Waals surface area contributed by atoms with Gasteiger partial charge >= 0.3 is 0 Å². The highest BCUT2D eigenvalue weighted by Crippen LogP contribution is 2.30. The van der Waals surface area contributed by atoms with E-state index in [1.807, 2.05) is 7.05 Å². The maximum absolute atomic E-state index is 6.10. The number of guanidine groups is 1. The van der Waals surface area contributed by atoms with Crippen molar-refractivity contribution in [3.63, 3.8) is 0 Å². The van der Waals surface area contributed by atoms with Crippen molar-refractivity contribution in [1.82, 2.24) is 10.6 Å². The zero-order chi connectivity index (χ0) is 21.5. The van der Waals surface area contributed by atoms with Crippen LogP contribution in [0.5, 0.6) is 5.75 Å². The molecule has 2 N–H and O–H groups in total. The van der Waals surface area contributed by atoms with Crippen LogP contribution in [-0.4, -0.2) is 45.9 Å². The van der Waals surface area contributed by atoms with Crippen LogP contribution in [0.15, 0.2) is 47.5 Å². The number of morpholine rings is 1. The lowest BCUT2D eigenvalue weighted by Gasteiger charge is -2.30. The van der Waals surface area contributed by atoms with Crippen molar-refractivity contribution in [1.29, 1.82) is 0 Å². The monoisotopic (exact) mass is 550 g/mol. The molecule has 174 valence electrons. The average Bonchev–Trinajstić information content (AvgIpc) is 3.64. The summed E-state index contributed by atoms with van der Waals surface area (Å²) in [5.41, 5.74) is 4.90. The van der Waals surface area contributed by atoms with Gasteiger partial charge in [0, 0.05) is 44.5 Å². The number of ether oxygens (including phenoxy) is 2. The minimum absolute atomic E-state index is 0. The molecule has 6 nitrogen and oxygen atoms in total. The van der Waals surface area contributed by atoms with E-state index in [9.17, 15) is 0 Å². The fraction of sp³-hybridized carbons (Fsp3) is 0.480. The second-order valence-corrected chi connectivity index (χ2v) is 8.37. The molecule has 1 aliphatic heterocycles. The molecule has 0 amide bonds. The van der Waals surface area contributed by atoms with E-state index in [0.717, 1.165) is 56.1 Å². The lowest BCUT2D eigenvalue weighted by atomic mass is 10.1. The van der Waals surface area contributed by atoms with Crippen molar-refractivity contribution >= 4 is 35.6 Å². The van der Waals surface area contributed by atoms with Crippen molar-refractivity contribution in [3.05, 3.63) is 59.2 Å². The fourth-order valence-electron chi connectivity index (χ4n) is 3.79. The van der Waals surface area contributed by atoms with E-state index < -0.39 is 0 Å². The summed E-state index contributed by atoms with van der Waals surface area (Å²) in [7, 11) is 1.81. The van der Waals surface area contributed by atoms with Crippen molar-refractivity contribution in [3.8, 4) is 5.75 Å². The van der Waals surface area contributed by atoms with E-state index in [1.165, 1.54) is 29.7 Å². The molecule has 1 heterocycles. The zero-order valence-corrected chi connectivity index (χ0v) is 21.4. The van der Waals surface area contributed by atoms with Crippen LogP contribution in [-0.2, 0) is 17.8 Å². The second kappa shape index (κ2) is 12.3. The molecule has 0 radical (unpaired) electrons. The quantitative estimate of drug-likeness (QED) is 0.295. The van der Waals surface area contributed by atoms with Crippen LogP contribution in [0, 0.1) is 12.8 Å². The van der Waals surface area contributed by atoms with E-state index in [2.05, 4.69) is 69.9 Å². The van der Waals surface area contributed by atoms with Gasteiger partial charge in [0.25, 0.3) is 0 Å². The number of nitrogens with one attached hydrogen (secondary N) is 2. The summed E-state index contributed by atoms with van der Waals surface area (Å²) in [5, 5.41) is 6.91. The number of aryl methyl sites for hydroxylation is 1. The number of anilines is 1. The molecule has 1 saturated carbocycles. The number of rotatable bonds is 8. The Labute approximate surface area is 208 Å². The van der Waals surface area contributed by atoms with Crippen LogP contribution >= 0.6 is 24.0 Å². The molecular weight excluding hydrogens is 515 g/mol. The van der Waals surface area contributed by atoms with E-state index in [-0.39, 0.29) is 24.0 Å². The van der Waals surface area contributed by atoms with Gasteiger partial charge in [-0.05, 0) is 48.9 Å². The van der Waals surface area contributed by atoms with E-state index in [0.29, 0.717) is 13.1 Å². The molecule has 32 heavy (non-hydrogen) atoms. The van der Waals surface area contributed by atoms with Gasteiger partial charge in [-0.1, -0.05) is 30.3 Å². The summed E-state index contributed by atoms with van der Waals surface area (Å²) >= 11 is 0. The van der Waals surface area contributed by atoms with Crippen LogP contribution in [0.4, 0.5) is 5.69 Å². The first-order valence-electron chi connectivity index (χ1n) is 11.3. The topological polar surface area (TPSA) is 58.1 Å². The third kappa shape index (κ3) is 7.00. The molecule has 2 fully saturated rings. The molecule has 0 atom stereocenters. The first kappa shape index (κ1) is 24.6. The largest absolute Gasteiger partial charge is 0.493 e. The first-order chi connectivity index (χ1) is 15.2. The first-order valence-corrected chi connectivity index (χ1v) is 11.3. The van der Waals surface area contributed by atoms with E-state index in [4.69, 9.17) is 9.47 Å². The third-order valence-electron chi connectivity index (χ3n) is 5.85. The molecule has 2 aromatic carbocycles. The standard InChI is InChI=1S/C25H34N4O2.HI/c1-19-7-10-22(24(15-19)31-18-20-8-9-20)17-28-25(26-2)27-16-21-5-3-4-6-23(21)29-11-13-30-14-12-29;/h3-7,10,15,20H,8-9,11-14,16-18H2,1-2H3,(H2,26,27,28);1H. The van der Waals surface area contributed by atoms with Crippen LogP contribution in [0.25, 0.3) is 0 Å². The molecule has 0 bridgehead atoms. The number of aliphatic imine (C=N–C) groups is 1. The molecule has 0 unspecified atom stereocenters. The summed E-state index contributed by atoms with van der Waals surface area (Å²) < 4.78 is 11.6. The Morgan fingerprint density at radius 1 is 1.06 bits per heavy atom. The number of para-hydroxylation sites is 1. The zero-order valence-electron chi connectivity index (χ0n) is 19.1. The number of halogens is 1. The van der Waals surface area contributed by atoms with Crippen molar-refractivity contribution in [2.24, 2.45) is 10.9 Å². The van der Waals surface area contributed by atoms with Gasteiger partial charge in [0.05, 0.1) is 19.8 Å². The van der Waals surface area contributed by atoms with Crippen LogP contribution < -0.4 is 20.3 Å². The van der Waals surface area contributed by atoms with Gasteiger partial charge in [0.2, 0.25) is 0 Å². The predicted molar refractivity (Wildman–Crippen MR) is 141 cm³/mol. The Balaban J connectivity index is 0.00000289. The summed E-state index contributed by atoms with van der Waals surface area (Å²) in [6.45, 7) is 7.74. The molecule has 0 spiro atoms. The summed E-state index contributed by atoms with van der Waals surface area (Å²) in [6, 6.07) is 15.0. The molecule has 1 aliphatic carbocycles. The Bertz CT molecular complexity index is 895. The van der Waals surface area contributed by atoms with Crippen molar-refractivity contribution in [2.45, 2.75) is 32.9 Å². The predicted octanol–water partition coefficient (Wildman–Crippen LogP) is 4.10. The fourth-order valence-corrected chi connectivity index (χ4v) is 3.79. The summed E-state index contributed by atoms with van der Waals surface area (Å²) in [4.78, 5) is 6.81. The van der Waals surface area contributed by atoms with Crippen LogP contribution in [0.3, 0.4) is 0 Å². The Hall–Kier alpha value is -2.00. The van der Waals surface area contributed by atoms with Gasteiger partial charge in [0.15, 0.2) is 5.96 Å². The van der Waals surface area contributed by atoms with Crippen molar-refractivity contribution < 1.29 is 9.47 Å². The van der Waals surface area contributed by atoms with E-state index in [1.54, 1.807) is 0 Å². The highest BCUT2D eigenvalue weighted by molar-refractivity contribution is 14.0. The van der Waals surface area contributed by atoms with Gasteiger partial charge in [-0.15, -0.1) is 24.0 Å². The smallest absolute Gasteiger partial charge is 0.191 e. The lowest BCUT2D eigenvalue weighted by molar-refractivity contribution is 0.122. The van der Waals surface area contributed by atoms with E-state index >= 15 is 0 Å². The second-order valence-electron chi connectivity index (χ2n) is 8.37. The number of benzene rings is 2. The molecule has 7 heteroatoms. The number of nitrogens with zero attached hydrogens (tertiary/aromatic N) is 2. The van der Waals surface area contributed by atoms with Gasteiger partial charge in [-0.25, -0.2) is 0 Å². The van der Waals surface area contributed by atoms with Gasteiger partial charge in [-0.2, -0.15) is 0 Å². The normalized spacial score (nSPS) is 16.3. The lowest BCUT2D eigenvalue weighted by Crippen LogP contribution is -2.39. The molecule has 1 saturated heterocycles. The maximum atomic E-state index is 6.10. The summed E-state index contributed by atoms with van der Waals surface area (Å²) in [5.74, 6) is 2.50. The van der Waals surface area contributed by atoms with Crippen molar-refractivity contribution in [2.75, 3.05) is 44.9 Å². The molecular formula is C25H35IN4O2. The molecule has 4 rings (SSSR count). The maximum Gasteiger partial charge on any atom is 0.191 e. The van der Waals surface area contributed by atoms with Gasteiger partial charge in [-0.3, -0.25) is 4.99 Å². The summed E-state index contributed by atoms with van der Waals surface area (Å²) in [6.07, 6.45) is 2.59. The SMILES string of the molecule is CN=C(NCc1ccc(C)cc1OCC1CC1)NCc1ccccc1N1CCOCC1.I. The van der Waals surface area contributed by atoms with Crippen LogP contribution in [0.2, 0.25) is 0 Å². The van der Waals surface area contributed by atoms with Gasteiger partial charge < -0.3 is 25.0 Å². The minimum Gasteiger partial charge on any atom is -0.493 e. The highest BCUT2D eigenvalue weighted by Gasteiger charge is 2.22. The Morgan fingerprint density at radius 2 is 1.78 bits per heavy atom. The Morgan fingerprint density at radius 3 is 2.50 bits per heavy atom. The third-order valence-corrected chi connectivity index (χ3v) is 5.85. The number of hydrogen-bond donors (Lipinski definition) is 2. The number of hydrogen-bond acceptors (Lipinski definition) is 4. The molecule has 0 aromatic heterocycles. The van der Waals surface area contributed by atoms with Gasteiger partial charge in [0.1, 0.15) is 5.75 Å². The van der Waals surface area contributed by atoms with Crippen LogP contribution in [0.1, 0.15) is 29.5 Å². The average molecular weight is 550 g/mol. The minimum atomic E-state index is 0.